The molecule has 2 aliphatic rings. The first kappa shape index (κ1) is 19.5. The van der Waals surface area contributed by atoms with Gasteiger partial charge >= 0.3 is 5.97 Å². The van der Waals surface area contributed by atoms with Crippen LogP contribution in [0.2, 0.25) is 0 Å². The summed E-state index contributed by atoms with van der Waals surface area (Å²) in [5, 5.41) is 5.30. The number of fused-ring (bicyclic) bond motifs is 2. The topological polar surface area (TPSA) is 95.3 Å². The molecule has 1 aromatic carbocycles. The maximum absolute atomic E-state index is 13.2. The summed E-state index contributed by atoms with van der Waals surface area (Å²) in [7, 11) is 0. The molecular weight excluding hydrogens is 370 g/mol. The number of aryl methyl sites for hydroxylation is 1. The molecule has 2 aliphatic heterocycles. The highest BCUT2D eigenvalue weighted by Gasteiger charge is 2.61. The molecule has 0 spiro atoms. The van der Waals surface area contributed by atoms with E-state index in [9.17, 15) is 14.4 Å². The third kappa shape index (κ3) is 3.28. The van der Waals surface area contributed by atoms with E-state index in [1.807, 2.05) is 42.2 Å². The number of carbonyl (C=O) groups is 2. The molecule has 2 N–H and O–H groups in total. The Balaban J connectivity index is 1.64. The van der Waals surface area contributed by atoms with Crippen LogP contribution in [-0.2, 0) is 27.2 Å². The predicted octanol–water partition coefficient (Wildman–Crippen LogP) is 2.11. The summed E-state index contributed by atoms with van der Waals surface area (Å²) in [4.78, 5) is 40.2. The fourth-order valence-electron chi connectivity index (χ4n) is 5.20. The Morgan fingerprint density at radius 3 is 2.62 bits per heavy atom. The molecule has 0 saturated carbocycles. The van der Waals surface area contributed by atoms with Gasteiger partial charge in [0.2, 0.25) is 5.91 Å². The van der Waals surface area contributed by atoms with E-state index in [1.54, 1.807) is 6.92 Å². The lowest BCUT2D eigenvalue weighted by atomic mass is 9.70. The number of amides is 1. The first-order chi connectivity index (χ1) is 14.0. The number of carbonyl (C=O) groups excluding carboxylic acids is 2. The highest BCUT2D eigenvalue weighted by molar-refractivity contribution is 5.85. The molecule has 154 valence electrons. The van der Waals surface area contributed by atoms with Crippen molar-refractivity contribution in [2.75, 3.05) is 6.61 Å². The molecule has 2 bridgehead atoms. The van der Waals surface area contributed by atoms with Crippen molar-refractivity contribution in [2.45, 2.75) is 58.0 Å². The van der Waals surface area contributed by atoms with Crippen molar-refractivity contribution in [2.24, 2.45) is 5.41 Å². The number of H-pyrrole nitrogens is 2. The third-order valence-electron chi connectivity index (χ3n) is 6.49. The molecule has 4 rings (SSSR count). The summed E-state index contributed by atoms with van der Waals surface area (Å²) in [6.45, 7) is 3.90. The third-order valence-corrected chi connectivity index (χ3v) is 6.49. The highest BCUT2D eigenvalue weighted by atomic mass is 16.5. The number of hydrogen-bond donors (Lipinski definition) is 2. The van der Waals surface area contributed by atoms with Gasteiger partial charge in [0.25, 0.3) is 5.56 Å². The molecule has 1 aromatic heterocycles. The Kier molecular flexibility index (Phi) is 5.06. The molecule has 29 heavy (non-hydrogen) atoms. The Morgan fingerprint density at radius 1 is 1.21 bits per heavy atom. The fourth-order valence-corrected chi connectivity index (χ4v) is 5.20. The first-order valence-electron chi connectivity index (χ1n) is 10.2. The monoisotopic (exact) mass is 397 g/mol. The van der Waals surface area contributed by atoms with Crippen LogP contribution >= 0.6 is 0 Å². The molecule has 0 aliphatic carbocycles. The van der Waals surface area contributed by atoms with Crippen molar-refractivity contribution >= 4 is 11.9 Å². The van der Waals surface area contributed by atoms with Crippen molar-refractivity contribution in [3.8, 4) is 0 Å². The fraction of sp³-hybridized carbons (Fsp3) is 0.500. The van der Waals surface area contributed by atoms with E-state index in [2.05, 4.69) is 10.2 Å². The highest BCUT2D eigenvalue weighted by Crippen LogP contribution is 2.52. The minimum Gasteiger partial charge on any atom is -0.465 e. The molecular formula is C22H27N3O4. The lowest BCUT2D eigenvalue weighted by Gasteiger charge is -2.35. The van der Waals surface area contributed by atoms with Crippen molar-refractivity contribution in [3.63, 3.8) is 0 Å². The summed E-state index contributed by atoms with van der Waals surface area (Å²) in [6.07, 6.45) is 2.88. The zero-order chi connectivity index (χ0) is 20.6. The quantitative estimate of drug-likeness (QED) is 0.730. The van der Waals surface area contributed by atoms with Gasteiger partial charge in [0.15, 0.2) is 0 Å². The molecule has 3 atom stereocenters. The van der Waals surface area contributed by atoms with Crippen LogP contribution in [0.3, 0.4) is 0 Å². The average molecular weight is 397 g/mol. The number of ether oxygens (including phenoxy) is 1. The molecule has 2 fully saturated rings. The minimum absolute atomic E-state index is 0.0129. The zero-order valence-corrected chi connectivity index (χ0v) is 16.9. The van der Waals surface area contributed by atoms with Gasteiger partial charge in [-0.05, 0) is 45.1 Å². The van der Waals surface area contributed by atoms with E-state index in [0.29, 0.717) is 30.7 Å². The van der Waals surface area contributed by atoms with E-state index in [0.717, 1.165) is 18.4 Å². The smallest absolute Gasteiger partial charge is 0.314 e. The second kappa shape index (κ2) is 7.54. The minimum atomic E-state index is -0.727. The van der Waals surface area contributed by atoms with Gasteiger partial charge in [-0.1, -0.05) is 30.3 Å². The van der Waals surface area contributed by atoms with E-state index < -0.39 is 5.41 Å². The van der Waals surface area contributed by atoms with Gasteiger partial charge < -0.3 is 14.7 Å². The Labute approximate surface area is 169 Å². The van der Waals surface area contributed by atoms with E-state index in [4.69, 9.17) is 4.74 Å². The number of hydrogen-bond acceptors (Lipinski definition) is 4. The summed E-state index contributed by atoms with van der Waals surface area (Å²) in [5.74, 6) is -0.311. The summed E-state index contributed by atoms with van der Waals surface area (Å²) >= 11 is 0. The van der Waals surface area contributed by atoms with Crippen LogP contribution in [0, 0.1) is 12.3 Å². The van der Waals surface area contributed by atoms with Crippen LogP contribution in [0.1, 0.15) is 43.0 Å². The standard InChI is InChI=1S/C22H27N3O4/c1-3-29-21(28)22(12-15-7-5-4-6-8-15)13-16-9-10-18(22)25(16)19(26)11-17-14(2)23-24-20(17)27/h4-8,16,18H,3,9-13H2,1-2H3,(H2,23,24,27)/t16-,18+,22+/m1/s1. The summed E-state index contributed by atoms with van der Waals surface area (Å²) < 4.78 is 5.49. The van der Waals surface area contributed by atoms with Crippen molar-refractivity contribution in [1.82, 2.24) is 15.1 Å². The van der Waals surface area contributed by atoms with E-state index in [-0.39, 0.29) is 35.9 Å². The first-order valence-corrected chi connectivity index (χ1v) is 10.2. The van der Waals surface area contributed by atoms with Gasteiger partial charge in [-0.3, -0.25) is 19.5 Å². The number of aromatic nitrogens is 2. The van der Waals surface area contributed by atoms with Crippen molar-refractivity contribution < 1.29 is 14.3 Å². The number of nitrogens with zero attached hydrogens (tertiary/aromatic N) is 1. The number of rotatable bonds is 6. The largest absolute Gasteiger partial charge is 0.465 e. The normalized spacial score (nSPS) is 25.4. The van der Waals surface area contributed by atoms with Crippen molar-refractivity contribution in [1.29, 1.82) is 0 Å². The number of aromatic amines is 2. The van der Waals surface area contributed by atoms with Crippen LogP contribution in [0.4, 0.5) is 0 Å². The number of nitrogens with one attached hydrogen (secondary N) is 2. The lowest BCUT2D eigenvalue weighted by Crippen LogP contribution is -2.47. The van der Waals surface area contributed by atoms with Gasteiger partial charge in [-0.15, -0.1) is 0 Å². The second-order valence-corrected chi connectivity index (χ2v) is 8.15. The molecule has 3 heterocycles. The number of esters is 1. The Morgan fingerprint density at radius 2 is 1.97 bits per heavy atom. The second-order valence-electron chi connectivity index (χ2n) is 8.15. The summed E-state index contributed by atoms with van der Waals surface area (Å²) in [6, 6.07) is 9.73. The van der Waals surface area contributed by atoms with E-state index in [1.165, 1.54) is 0 Å². The summed E-state index contributed by atoms with van der Waals surface area (Å²) in [5.41, 5.74) is 1.22. The molecule has 7 heteroatoms. The lowest BCUT2D eigenvalue weighted by molar-refractivity contribution is -0.158. The van der Waals surface area contributed by atoms with Crippen LogP contribution in [-0.4, -0.2) is 45.7 Å². The zero-order valence-electron chi connectivity index (χ0n) is 16.9. The SMILES string of the molecule is CCOC(=O)[C@@]1(Cc2ccccc2)C[C@H]2CC[C@@H]1N2C(=O)Cc1c(C)[nH][nH]c1=O. The van der Waals surface area contributed by atoms with Gasteiger partial charge in [-0.25, -0.2) is 0 Å². The molecule has 2 aromatic rings. The van der Waals surface area contributed by atoms with Crippen LogP contribution < -0.4 is 5.56 Å². The molecule has 7 nitrogen and oxygen atoms in total. The Hall–Kier alpha value is -2.83. The van der Waals surface area contributed by atoms with E-state index >= 15 is 0 Å². The van der Waals surface area contributed by atoms with Gasteiger partial charge in [0.1, 0.15) is 0 Å². The van der Waals surface area contributed by atoms with Gasteiger partial charge in [0, 0.05) is 23.3 Å². The molecule has 2 saturated heterocycles. The van der Waals surface area contributed by atoms with Crippen molar-refractivity contribution in [3.05, 3.63) is 57.5 Å². The van der Waals surface area contributed by atoms with Crippen LogP contribution in [0.15, 0.2) is 35.1 Å². The van der Waals surface area contributed by atoms with Gasteiger partial charge in [0.05, 0.1) is 18.4 Å². The molecule has 0 radical (unpaired) electrons. The Bertz CT molecular complexity index is 964. The number of benzene rings is 1. The molecule has 0 unspecified atom stereocenters. The maximum atomic E-state index is 13.2. The van der Waals surface area contributed by atoms with Crippen LogP contribution in [0.5, 0.6) is 0 Å². The predicted molar refractivity (Wildman–Crippen MR) is 107 cm³/mol. The van der Waals surface area contributed by atoms with Crippen LogP contribution in [0.25, 0.3) is 0 Å². The maximum Gasteiger partial charge on any atom is 0.314 e. The van der Waals surface area contributed by atoms with Gasteiger partial charge in [-0.2, -0.15) is 0 Å². The average Bonchev–Trinajstić information content (AvgIpc) is 3.36. The molecule has 1 amide bonds.